The van der Waals surface area contributed by atoms with Crippen molar-refractivity contribution in [2.75, 3.05) is 18.5 Å². The first kappa shape index (κ1) is 19.3. The number of amides is 1. The Morgan fingerprint density at radius 1 is 1.00 bits per heavy atom. The number of benzene rings is 2. The molecule has 0 bridgehead atoms. The maximum Gasteiger partial charge on any atom is 0.341 e. The van der Waals surface area contributed by atoms with Gasteiger partial charge in [-0.15, -0.1) is 0 Å². The summed E-state index contributed by atoms with van der Waals surface area (Å²) in [4.78, 5) is 22.4. The van der Waals surface area contributed by atoms with Gasteiger partial charge < -0.3 is 19.9 Å². The number of hydrogen-bond acceptors (Lipinski definition) is 4. The number of aliphatic carboxylic acids is 1. The predicted octanol–water partition coefficient (Wildman–Crippen LogP) is 3.65. The molecule has 6 nitrogen and oxygen atoms in total. The van der Waals surface area contributed by atoms with Crippen LogP contribution < -0.4 is 14.8 Å². The number of nitrogens with one attached hydrogen (secondary N) is 1. The lowest BCUT2D eigenvalue weighted by Crippen LogP contribution is -2.12. The topological polar surface area (TPSA) is 84.9 Å². The molecule has 0 unspecified atom stereocenters. The number of aryl methyl sites for hydroxylation is 1. The molecule has 0 saturated carbocycles. The molecule has 0 atom stereocenters. The number of carbonyl (C=O) groups is 2. The molecule has 0 aromatic heterocycles. The average Bonchev–Trinajstić information content (AvgIpc) is 2.61. The lowest BCUT2D eigenvalue weighted by Gasteiger charge is -2.08. The van der Waals surface area contributed by atoms with Crippen LogP contribution in [0.5, 0.6) is 11.5 Å². The van der Waals surface area contributed by atoms with Crippen molar-refractivity contribution in [2.24, 2.45) is 0 Å². The lowest BCUT2D eigenvalue weighted by molar-refractivity contribution is -0.139. The molecule has 0 heterocycles. The van der Waals surface area contributed by atoms with Crippen molar-refractivity contribution >= 4 is 17.6 Å². The van der Waals surface area contributed by atoms with Crippen LogP contribution in [0.25, 0.3) is 0 Å². The van der Waals surface area contributed by atoms with E-state index in [0.29, 0.717) is 24.5 Å². The number of rotatable bonds is 10. The van der Waals surface area contributed by atoms with Crippen molar-refractivity contribution in [1.82, 2.24) is 0 Å². The van der Waals surface area contributed by atoms with E-state index < -0.39 is 12.6 Å². The van der Waals surface area contributed by atoms with Crippen LogP contribution in [0.1, 0.15) is 24.8 Å². The molecular formula is C20H23NO5. The third-order valence-corrected chi connectivity index (χ3v) is 3.56. The molecular weight excluding hydrogens is 334 g/mol. The smallest absolute Gasteiger partial charge is 0.341 e. The van der Waals surface area contributed by atoms with E-state index in [-0.39, 0.29) is 5.91 Å². The van der Waals surface area contributed by atoms with Crippen LogP contribution in [0.2, 0.25) is 0 Å². The number of hydrogen-bond donors (Lipinski definition) is 2. The van der Waals surface area contributed by atoms with E-state index in [1.165, 1.54) is 0 Å². The molecule has 0 fully saturated rings. The van der Waals surface area contributed by atoms with Gasteiger partial charge in [0, 0.05) is 12.1 Å². The Bertz CT molecular complexity index is 727. The van der Waals surface area contributed by atoms with Crippen molar-refractivity contribution in [3.05, 3.63) is 54.1 Å². The van der Waals surface area contributed by atoms with Crippen LogP contribution >= 0.6 is 0 Å². The third-order valence-electron chi connectivity index (χ3n) is 3.56. The molecule has 2 rings (SSSR count). The van der Waals surface area contributed by atoms with Gasteiger partial charge in [0.2, 0.25) is 5.91 Å². The van der Waals surface area contributed by atoms with Crippen LogP contribution in [0.15, 0.2) is 48.5 Å². The quantitative estimate of drug-likeness (QED) is 0.634. The van der Waals surface area contributed by atoms with Crippen molar-refractivity contribution < 1.29 is 24.2 Å². The minimum atomic E-state index is -1.03. The molecule has 138 valence electrons. The van der Waals surface area contributed by atoms with Gasteiger partial charge >= 0.3 is 5.97 Å². The first-order chi connectivity index (χ1) is 12.5. The number of carboxylic acid groups (broad SMARTS) is 1. The molecule has 2 aromatic carbocycles. The van der Waals surface area contributed by atoms with E-state index in [1.54, 1.807) is 24.3 Å². The van der Waals surface area contributed by atoms with Gasteiger partial charge in [0.1, 0.15) is 11.5 Å². The third kappa shape index (κ3) is 7.25. The zero-order chi connectivity index (χ0) is 18.8. The first-order valence-corrected chi connectivity index (χ1v) is 8.47. The second kappa shape index (κ2) is 10.1. The molecule has 0 radical (unpaired) electrons. The Hall–Kier alpha value is -3.02. The van der Waals surface area contributed by atoms with Gasteiger partial charge in [0.25, 0.3) is 0 Å². The number of carboxylic acids is 1. The summed E-state index contributed by atoms with van der Waals surface area (Å²) in [5.41, 5.74) is 1.80. The fourth-order valence-corrected chi connectivity index (χ4v) is 2.29. The SMILES string of the molecule is Cc1cccc(OCCCCC(=O)Nc2ccc(OCC(=O)O)cc2)c1. The van der Waals surface area contributed by atoms with Crippen LogP contribution in [-0.2, 0) is 9.59 Å². The van der Waals surface area contributed by atoms with E-state index in [0.717, 1.165) is 24.2 Å². The van der Waals surface area contributed by atoms with Crippen LogP contribution in [0.3, 0.4) is 0 Å². The lowest BCUT2D eigenvalue weighted by atomic mass is 10.2. The summed E-state index contributed by atoms with van der Waals surface area (Å²) in [7, 11) is 0. The summed E-state index contributed by atoms with van der Waals surface area (Å²) in [5.74, 6) is 0.187. The number of anilines is 1. The zero-order valence-electron chi connectivity index (χ0n) is 14.7. The summed E-state index contributed by atoms with van der Waals surface area (Å²) in [6, 6.07) is 14.5. The highest BCUT2D eigenvalue weighted by molar-refractivity contribution is 5.90. The summed E-state index contributed by atoms with van der Waals surface area (Å²) < 4.78 is 10.7. The molecule has 0 saturated heterocycles. The van der Waals surface area contributed by atoms with E-state index in [9.17, 15) is 9.59 Å². The fourth-order valence-electron chi connectivity index (χ4n) is 2.29. The van der Waals surface area contributed by atoms with Gasteiger partial charge in [-0.05, 0) is 61.7 Å². The fraction of sp³-hybridized carbons (Fsp3) is 0.300. The number of ether oxygens (including phenoxy) is 2. The standard InChI is InChI=1S/C20H23NO5/c1-15-5-4-6-18(13-15)25-12-3-2-7-19(22)21-16-8-10-17(11-9-16)26-14-20(23)24/h4-6,8-11,13H,2-3,7,12,14H2,1H3,(H,21,22)(H,23,24). The Morgan fingerprint density at radius 2 is 1.77 bits per heavy atom. The van der Waals surface area contributed by atoms with Crippen molar-refractivity contribution in [2.45, 2.75) is 26.2 Å². The highest BCUT2D eigenvalue weighted by atomic mass is 16.5. The zero-order valence-corrected chi connectivity index (χ0v) is 14.7. The maximum atomic E-state index is 11.9. The van der Waals surface area contributed by atoms with E-state index in [4.69, 9.17) is 14.6 Å². The second-order valence-corrected chi connectivity index (χ2v) is 5.88. The van der Waals surface area contributed by atoms with Gasteiger partial charge in [-0.1, -0.05) is 12.1 Å². The summed E-state index contributed by atoms with van der Waals surface area (Å²) >= 11 is 0. The van der Waals surface area contributed by atoms with Gasteiger partial charge in [0.05, 0.1) is 6.61 Å². The second-order valence-electron chi connectivity index (χ2n) is 5.88. The molecule has 26 heavy (non-hydrogen) atoms. The molecule has 0 aliphatic carbocycles. The Balaban J connectivity index is 1.63. The number of carbonyl (C=O) groups excluding carboxylic acids is 1. The summed E-state index contributed by atoms with van der Waals surface area (Å²) in [6.45, 7) is 2.20. The Morgan fingerprint density at radius 3 is 2.46 bits per heavy atom. The van der Waals surface area contributed by atoms with Gasteiger partial charge in [0.15, 0.2) is 6.61 Å². The highest BCUT2D eigenvalue weighted by Crippen LogP contribution is 2.16. The van der Waals surface area contributed by atoms with E-state index in [2.05, 4.69) is 5.32 Å². The van der Waals surface area contributed by atoms with E-state index in [1.807, 2.05) is 31.2 Å². The van der Waals surface area contributed by atoms with Crippen LogP contribution in [0.4, 0.5) is 5.69 Å². The average molecular weight is 357 g/mol. The first-order valence-electron chi connectivity index (χ1n) is 8.47. The van der Waals surface area contributed by atoms with Crippen LogP contribution in [0, 0.1) is 6.92 Å². The molecule has 2 N–H and O–H groups in total. The van der Waals surface area contributed by atoms with Gasteiger partial charge in [-0.3, -0.25) is 4.79 Å². The number of unbranched alkanes of at least 4 members (excludes halogenated alkanes) is 1. The van der Waals surface area contributed by atoms with Gasteiger partial charge in [-0.25, -0.2) is 4.79 Å². The molecule has 0 aliphatic rings. The molecule has 1 amide bonds. The minimum Gasteiger partial charge on any atom is -0.494 e. The van der Waals surface area contributed by atoms with Crippen molar-refractivity contribution in [1.29, 1.82) is 0 Å². The highest BCUT2D eigenvalue weighted by Gasteiger charge is 2.04. The summed E-state index contributed by atoms with van der Waals surface area (Å²) in [6.07, 6.45) is 1.94. The molecule has 0 spiro atoms. The van der Waals surface area contributed by atoms with Crippen LogP contribution in [-0.4, -0.2) is 30.2 Å². The maximum absolute atomic E-state index is 11.9. The minimum absolute atomic E-state index is 0.0697. The van der Waals surface area contributed by atoms with Gasteiger partial charge in [-0.2, -0.15) is 0 Å². The normalized spacial score (nSPS) is 10.2. The summed E-state index contributed by atoms with van der Waals surface area (Å²) in [5, 5.41) is 11.4. The van der Waals surface area contributed by atoms with Crippen molar-refractivity contribution in [3.63, 3.8) is 0 Å². The largest absolute Gasteiger partial charge is 0.494 e. The van der Waals surface area contributed by atoms with Crippen molar-refractivity contribution in [3.8, 4) is 11.5 Å². The molecule has 6 heteroatoms. The van der Waals surface area contributed by atoms with E-state index >= 15 is 0 Å². The monoisotopic (exact) mass is 357 g/mol. The Labute approximate surface area is 152 Å². The Kier molecular flexibility index (Phi) is 7.49. The predicted molar refractivity (Wildman–Crippen MR) is 98.7 cm³/mol. The molecule has 0 aliphatic heterocycles. The molecule has 2 aromatic rings.